The van der Waals surface area contributed by atoms with Crippen LogP contribution in [0.2, 0.25) is 0 Å². The van der Waals surface area contributed by atoms with Crippen LogP contribution in [0.5, 0.6) is 0 Å². The third-order valence-corrected chi connectivity index (χ3v) is 4.50. The van der Waals surface area contributed by atoms with Crippen LogP contribution in [-0.4, -0.2) is 24.9 Å². The Kier molecular flexibility index (Phi) is 7.11. The first-order valence-electron chi connectivity index (χ1n) is 9.56. The molecule has 0 aliphatic carbocycles. The van der Waals surface area contributed by atoms with Crippen LogP contribution < -0.4 is 10.2 Å². The van der Waals surface area contributed by atoms with E-state index in [1.807, 2.05) is 60.7 Å². The van der Waals surface area contributed by atoms with Gasteiger partial charge in [0.15, 0.2) is 0 Å². The summed E-state index contributed by atoms with van der Waals surface area (Å²) in [6, 6.07) is 24.7. The van der Waals surface area contributed by atoms with Gasteiger partial charge < -0.3 is 10.2 Å². The number of rotatable bonds is 8. The van der Waals surface area contributed by atoms with Crippen molar-refractivity contribution in [3.05, 3.63) is 102 Å². The summed E-state index contributed by atoms with van der Waals surface area (Å²) in [7, 11) is 0. The van der Waals surface area contributed by atoms with Crippen molar-refractivity contribution in [2.45, 2.75) is 12.8 Å². The van der Waals surface area contributed by atoms with Gasteiger partial charge in [-0.05, 0) is 42.3 Å². The zero-order chi connectivity index (χ0) is 20.5. The molecule has 3 aromatic carbocycles. The number of nitrogens with one attached hydrogen (secondary N) is 1. The van der Waals surface area contributed by atoms with Gasteiger partial charge in [0.25, 0.3) is 5.91 Å². The Balaban J connectivity index is 1.59. The lowest BCUT2D eigenvalue weighted by atomic mass is 10.1. The van der Waals surface area contributed by atoms with Crippen molar-refractivity contribution in [1.82, 2.24) is 5.32 Å². The predicted octanol–water partition coefficient (Wildman–Crippen LogP) is 4.22. The zero-order valence-electron chi connectivity index (χ0n) is 16.1. The van der Waals surface area contributed by atoms with Crippen LogP contribution in [0, 0.1) is 5.82 Å². The second-order valence-corrected chi connectivity index (χ2v) is 6.66. The predicted molar refractivity (Wildman–Crippen MR) is 112 cm³/mol. The Hall–Kier alpha value is -3.47. The fourth-order valence-corrected chi connectivity index (χ4v) is 3.04. The number of nitrogens with zero attached hydrogens (tertiary/aromatic N) is 1. The number of carbonyl (C=O) groups excluding carboxylic acids is 2. The third kappa shape index (κ3) is 6.01. The molecular weight excluding hydrogens is 367 g/mol. The summed E-state index contributed by atoms with van der Waals surface area (Å²) < 4.78 is 13.3. The minimum absolute atomic E-state index is 0.00106. The van der Waals surface area contributed by atoms with E-state index in [9.17, 15) is 14.0 Å². The summed E-state index contributed by atoms with van der Waals surface area (Å²) in [5.74, 6) is -0.773. The molecule has 0 heterocycles. The van der Waals surface area contributed by atoms with Gasteiger partial charge in [-0.1, -0.05) is 54.6 Å². The number of carbonyl (C=O) groups is 2. The topological polar surface area (TPSA) is 49.4 Å². The van der Waals surface area contributed by atoms with Crippen LogP contribution in [0.4, 0.5) is 10.1 Å². The van der Waals surface area contributed by atoms with Crippen LogP contribution in [0.15, 0.2) is 84.9 Å². The molecule has 0 aliphatic rings. The minimum atomic E-state index is -0.445. The van der Waals surface area contributed by atoms with Gasteiger partial charge in [-0.3, -0.25) is 9.59 Å². The van der Waals surface area contributed by atoms with Crippen LogP contribution in [0.1, 0.15) is 22.3 Å². The molecule has 0 atom stereocenters. The second-order valence-electron chi connectivity index (χ2n) is 6.66. The number of benzene rings is 3. The van der Waals surface area contributed by atoms with Gasteiger partial charge in [-0.15, -0.1) is 0 Å². The number of halogens is 1. The molecule has 2 amide bonds. The van der Waals surface area contributed by atoms with Crippen molar-refractivity contribution in [3.8, 4) is 0 Å². The highest BCUT2D eigenvalue weighted by atomic mass is 19.1. The Morgan fingerprint density at radius 2 is 1.55 bits per heavy atom. The van der Waals surface area contributed by atoms with E-state index in [4.69, 9.17) is 0 Å². The Morgan fingerprint density at radius 1 is 0.862 bits per heavy atom. The molecule has 3 rings (SSSR count). The largest absolute Gasteiger partial charge is 0.352 e. The Morgan fingerprint density at radius 3 is 2.24 bits per heavy atom. The van der Waals surface area contributed by atoms with Crippen molar-refractivity contribution < 1.29 is 14.0 Å². The maximum absolute atomic E-state index is 13.3. The molecule has 3 aromatic rings. The summed E-state index contributed by atoms with van der Waals surface area (Å²) in [6.45, 7) is 0.858. The Labute approximate surface area is 170 Å². The number of para-hydroxylation sites is 1. The summed E-state index contributed by atoms with van der Waals surface area (Å²) in [5, 5.41) is 2.78. The third-order valence-electron chi connectivity index (χ3n) is 4.50. The van der Waals surface area contributed by atoms with Crippen molar-refractivity contribution in [3.63, 3.8) is 0 Å². The van der Waals surface area contributed by atoms with Crippen molar-refractivity contribution in [2.75, 3.05) is 18.0 Å². The van der Waals surface area contributed by atoms with Crippen molar-refractivity contribution >= 4 is 17.5 Å². The number of amides is 2. The molecule has 1 N–H and O–H groups in total. The Bertz CT molecular complexity index is 945. The first-order chi connectivity index (χ1) is 14.1. The van der Waals surface area contributed by atoms with E-state index in [0.29, 0.717) is 25.9 Å². The van der Waals surface area contributed by atoms with Gasteiger partial charge in [0.05, 0.1) is 6.42 Å². The first kappa shape index (κ1) is 20.3. The minimum Gasteiger partial charge on any atom is -0.352 e. The van der Waals surface area contributed by atoms with E-state index in [2.05, 4.69) is 5.32 Å². The van der Waals surface area contributed by atoms with Crippen molar-refractivity contribution in [2.24, 2.45) is 0 Å². The van der Waals surface area contributed by atoms with E-state index >= 15 is 0 Å². The molecule has 0 aromatic heterocycles. The first-order valence-corrected chi connectivity index (χ1v) is 9.56. The van der Waals surface area contributed by atoms with E-state index in [-0.39, 0.29) is 17.4 Å². The van der Waals surface area contributed by atoms with Gasteiger partial charge in [0.1, 0.15) is 5.82 Å². The highest BCUT2D eigenvalue weighted by Crippen LogP contribution is 2.16. The van der Waals surface area contributed by atoms with Gasteiger partial charge in [-0.2, -0.15) is 0 Å². The van der Waals surface area contributed by atoms with Crippen LogP contribution in [-0.2, 0) is 11.2 Å². The van der Waals surface area contributed by atoms with Gasteiger partial charge in [0.2, 0.25) is 5.91 Å². The van der Waals surface area contributed by atoms with E-state index < -0.39 is 5.82 Å². The average Bonchev–Trinajstić information content (AvgIpc) is 2.75. The van der Waals surface area contributed by atoms with Crippen LogP contribution >= 0.6 is 0 Å². The number of anilines is 1. The quantitative estimate of drug-likeness (QED) is 0.586. The fourth-order valence-electron chi connectivity index (χ4n) is 3.04. The molecule has 4 nitrogen and oxygen atoms in total. The molecule has 0 bridgehead atoms. The molecule has 0 aliphatic heterocycles. The molecular formula is C24H23FN2O2. The standard InChI is InChI=1S/C24H23FN2O2/c25-21-12-7-11-20(18-21)24(29)26-15-8-16-27(22-13-5-2-6-14-22)23(28)17-19-9-3-1-4-10-19/h1-7,9-14,18H,8,15-17H2,(H,26,29). The van der Waals surface area contributed by atoms with E-state index in [1.165, 1.54) is 18.2 Å². The molecule has 29 heavy (non-hydrogen) atoms. The fraction of sp³-hybridized carbons (Fsp3) is 0.167. The molecule has 0 saturated heterocycles. The zero-order valence-corrected chi connectivity index (χ0v) is 16.1. The highest BCUT2D eigenvalue weighted by molar-refractivity contribution is 5.95. The van der Waals surface area contributed by atoms with Crippen LogP contribution in [0.3, 0.4) is 0 Å². The molecule has 148 valence electrons. The van der Waals surface area contributed by atoms with Gasteiger partial charge in [0, 0.05) is 24.3 Å². The smallest absolute Gasteiger partial charge is 0.251 e. The number of hydrogen-bond acceptors (Lipinski definition) is 2. The van der Waals surface area contributed by atoms with Gasteiger partial charge >= 0.3 is 0 Å². The maximum atomic E-state index is 13.3. The summed E-state index contributed by atoms with van der Waals surface area (Å²) >= 11 is 0. The average molecular weight is 390 g/mol. The lowest BCUT2D eigenvalue weighted by Crippen LogP contribution is -2.35. The molecule has 5 heteroatoms. The van der Waals surface area contributed by atoms with E-state index in [1.54, 1.807) is 11.0 Å². The SMILES string of the molecule is O=C(NCCCN(C(=O)Cc1ccccc1)c1ccccc1)c1cccc(F)c1. The maximum Gasteiger partial charge on any atom is 0.251 e. The summed E-state index contributed by atoms with van der Waals surface area (Å²) in [6.07, 6.45) is 0.891. The lowest BCUT2D eigenvalue weighted by molar-refractivity contribution is -0.118. The molecule has 0 radical (unpaired) electrons. The summed E-state index contributed by atoms with van der Waals surface area (Å²) in [5.41, 5.74) is 2.06. The second kappa shape index (κ2) is 10.2. The van der Waals surface area contributed by atoms with Crippen molar-refractivity contribution in [1.29, 1.82) is 0 Å². The number of hydrogen-bond donors (Lipinski definition) is 1. The van der Waals surface area contributed by atoms with Crippen LogP contribution in [0.25, 0.3) is 0 Å². The van der Waals surface area contributed by atoms with Gasteiger partial charge in [-0.25, -0.2) is 4.39 Å². The molecule has 0 spiro atoms. The normalized spacial score (nSPS) is 10.4. The molecule has 0 saturated carbocycles. The molecule has 0 fully saturated rings. The highest BCUT2D eigenvalue weighted by Gasteiger charge is 2.16. The lowest BCUT2D eigenvalue weighted by Gasteiger charge is -2.23. The molecule has 0 unspecified atom stereocenters. The van der Waals surface area contributed by atoms with E-state index in [0.717, 1.165) is 11.3 Å². The summed E-state index contributed by atoms with van der Waals surface area (Å²) in [4.78, 5) is 26.8. The monoisotopic (exact) mass is 390 g/mol.